The molecule has 0 amide bonds. The quantitative estimate of drug-likeness (QED) is 0.193. The van der Waals surface area contributed by atoms with Crippen LogP contribution in [0.1, 0.15) is 0 Å². The molecule has 0 N–H and O–H groups in total. The molecule has 4 heteroatoms. The van der Waals surface area contributed by atoms with Crippen LogP contribution in [0.4, 0.5) is 0 Å². The SMILES string of the molecule is c1ccc(-n2c3cc(-c4nc(-n5c6ccccc6c6cc7ccccc7cc65)nc5ccccc45)ccc3c3cc4ccccc4cc32)cc1. The molecule has 4 nitrogen and oxygen atoms in total. The van der Waals surface area contributed by atoms with Crippen LogP contribution in [0.2, 0.25) is 0 Å². The third-order valence-electron chi connectivity index (χ3n) is 10.3. The summed E-state index contributed by atoms with van der Waals surface area (Å²) in [6, 6.07) is 60.8. The first-order valence-corrected chi connectivity index (χ1v) is 17.0. The van der Waals surface area contributed by atoms with Crippen LogP contribution in [0.5, 0.6) is 0 Å². The molecule has 232 valence electrons. The minimum atomic E-state index is 0.662. The molecule has 0 spiro atoms. The number of fused-ring (bicyclic) bond motifs is 9. The molecule has 0 aliphatic heterocycles. The molecular weight excluding hydrogens is 609 g/mol. The van der Waals surface area contributed by atoms with E-state index in [1.165, 1.54) is 48.6 Å². The molecule has 0 aliphatic carbocycles. The maximum Gasteiger partial charge on any atom is 0.235 e. The molecule has 0 bridgehead atoms. The van der Waals surface area contributed by atoms with Gasteiger partial charge >= 0.3 is 0 Å². The van der Waals surface area contributed by atoms with Crippen molar-refractivity contribution < 1.29 is 0 Å². The molecule has 0 saturated carbocycles. The molecule has 0 radical (unpaired) electrons. The fourth-order valence-corrected chi connectivity index (χ4v) is 7.96. The number of rotatable bonds is 3. The van der Waals surface area contributed by atoms with Gasteiger partial charge in [-0.1, -0.05) is 115 Å². The highest BCUT2D eigenvalue weighted by Crippen LogP contribution is 2.39. The Morgan fingerprint density at radius 1 is 0.340 bits per heavy atom. The Hall–Kier alpha value is -6.78. The number of aromatic nitrogens is 4. The lowest BCUT2D eigenvalue weighted by Gasteiger charge is -2.13. The summed E-state index contributed by atoms with van der Waals surface area (Å²) >= 11 is 0. The highest BCUT2D eigenvalue weighted by atomic mass is 15.2. The summed E-state index contributed by atoms with van der Waals surface area (Å²) < 4.78 is 4.63. The van der Waals surface area contributed by atoms with Crippen LogP contribution in [-0.2, 0) is 0 Å². The monoisotopic (exact) mass is 636 g/mol. The van der Waals surface area contributed by atoms with Crippen molar-refractivity contribution in [1.82, 2.24) is 19.1 Å². The smallest absolute Gasteiger partial charge is 0.235 e. The van der Waals surface area contributed by atoms with Gasteiger partial charge in [0.1, 0.15) is 0 Å². The summed E-state index contributed by atoms with van der Waals surface area (Å²) in [5.41, 5.74) is 8.52. The van der Waals surface area contributed by atoms with Crippen LogP contribution in [0.25, 0.3) is 99.0 Å². The molecule has 50 heavy (non-hydrogen) atoms. The fraction of sp³-hybridized carbons (Fsp3) is 0. The molecule has 8 aromatic carbocycles. The predicted octanol–water partition coefficient (Wildman–Crippen LogP) is 11.8. The van der Waals surface area contributed by atoms with E-state index < -0.39 is 0 Å². The van der Waals surface area contributed by atoms with Gasteiger partial charge in [0.05, 0.1) is 33.3 Å². The first kappa shape index (κ1) is 27.2. The van der Waals surface area contributed by atoms with E-state index in [1.807, 2.05) is 0 Å². The Morgan fingerprint density at radius 3 is 1.60 bits per heavy atom. The van der Waals surface area contributed by atoms with Crippen molar-refractivity contribution >= 4 is 76.1 Å². The number of benzene rings is 8. The molecule has 11 aromatic rings. The molecule has 0 saturated heterocycles. The Labute approximate surface area is 287 Å². The molecule has 3 aromatic heterocycles. The Morgan fingerprint density at radius 2 is 0.880 bits per heavy atom. The molecule has 0 fully saturated rings. The Bertz CT molecular complexity index is 3150. The lowest BCUT2D eigenvalue weighted by molar-refractivity contribution is 1.01. The van der Waals surface area contributed by atoms with E-state index in [0.29, 0.717) is 5.95 Å². The van der Waals surface area contributed by atoms with E-state index in [2.05, 4.69) is 179 Å². The zero-order valence-electron chi connectivity index (χ0n) is 27.0. The van der Waals surface area contributed by atoms with E-state index in [1.54, 1.807) is 0 Å². The average Bonchev–Trinajstić information content (AvgIpc) is 3.67. The minimum absolute atomic E-state index is 0.662. The summed E-state index contributed by atoms with van der Waals surface area (Å²) in [5.74, 6) is 0.662. The van der Waals surface area contributed by atoms with Crippen molar-refractivity contribution in [3.05, 3.63) is 170 Å². The van der Waals surface area contributed by atoms with Crippen LogP contribution >= 0.6 is 0 Å². The van der Waals surface area contributed by atoms with Gasteiger partial charge in [0.2, 0.25) is 5.95 Å². The van der Waals surface area contributed by atoms with Crippen molar-refractivity contribution in [1.29, 1.82) is 0 Å². The lowest BCUT2D eigenvalue weighted by atomic mass is 10.0. The first-order chi connectivity index (χ1) is 24.8. The molecule has 0 atom stereocenters. The molecule has 0 aliphatic rings. The molecule has 3 heterocycles. The highest BCUT2D eigenvalue weighted by molar-refractivity contribution is 6.15. The zero-order valence-corrected chi connectivity index (χ0v) is 27.0. The molecule has 0 unspecified atom stereocenters. The van der Waals surface area contributed by atoms with Gasteiger partial charge in [0, 0.05) is 38.2 Å². The second kappa shape index (κ2) is 10.4. The second-order valence-corrected chi connectivity index (χ2v) is 13.1. The van der Waals surface area contributed by atoms with Crippen LogP contribution < -0.4 is 0 Å². The summed E-state index contributed by atoms with van der Waals surface area (Å²) in [4.78, 5) is 10.7. The van der Waals surface area contributed by atoms with Gasteiger partial charge in [-0.25, -0.2) is 9.97 Å². The van der Waals surface area contributed by atoms with E-state index in [0.717, 1.165) is 44.4 Å². The van der Waals surface area contributed by atoms with E-state index >= 15 is 0 Å². The summed E-state index contributed by atoms with van der Waals surface area (Å²) in [6.07, 6.45) is 0. The van der Waals surface area contributed by atoms with Gasteiger partial charge in [0.25, 0.3) is 0 Å². The third kappa shape index (κ3) is 3.93. The van der Waals surface area contributed by atoms with Crippen LogP contribution in [0, 0.1) is 0 Å². The van der Waals surface area contributed by atoms with Crippen molar-refractivity contribution in [2.75, 3.05) is 0 Å². The number of hydrogen-bond donors (Lipinski definition) is 0. The Kier molecular flexibility index (Phi) is 5.63. The van der Waals surface area contributed by atoms with E-state index in [-0.39, 0.29) is 0 Å². The van der Waals surface area contributed by atoms with Crippen molar-refractivity contribution in [3.63, 3.8) is 0 Å². The van der Waals surface area contributed by atoms with Gasteiger partial charge < -0.3 is 4.57 Å². The number of hydrogen-bond acceptors (Lipinski definition) is 2. The van der Waals surface area contributed by atoms with Crippen LogP contribution in [0.3, 0.4) is 0 Å². The first-order valence-electron chi connectivity index (χ1n) is 17.0. The summed E-state index contributed by atoms with van der Waals surface area (Å²) in [6.45, 7) is 0. The second-order valence-electron chi connectivity index (χ2n) is 13.1. The largest absolute Gasteiger partial charge is 0.309 e. The van der Waals surface area contributed by atoms with Crippen molar-refractivity contribution in [2.24, 2.45) is 0 Å². The van der Waals surface area contributed by atoms with Gasteiger partial charge in [-0.05, 0) is 76.1 Å². The lowest BCUT2D eigenvalue weighted by Crippen LogP contribution is -2.03. The van der Waals surface area contributed by atoms with Crippen molar-refractivity contribution in [2.45, 2.75) is 0 Å². The third-order valence-corrected chi connectivity index (χ3v) is 10.3. The van der Waals surface area contributed by atoms with Gasteiger partial charge in [-0.3, -0.25) is 4.57 Å². The van der Waals surface area contributed by atoms with Crippen LogP contribution in [-0.4, -0.2) is 19.1 Å². The normalized spacial score (nSPS) is 12.0. The minimum Gasteiger partial charge on any atom is -0.309 e. The van der Waals surface area contributed by atoms with Crippen LogP contribution in [0.15, 0.2) is 170 Å². The standard InChI is InChI=1S/C46H28N4/c1-2-16-34(17-3-1)49-42-28-33(22-23-36(42)39-25-30-13-4-6-14-31(30)26-43(39)49)45-37-19-8-10-20-40(37)47-46(48-45)50-41-21-11-9-18-35(41)38-24-29-12-5-7-15-32(29)27-44(38)50/h1-28H. The maximum absolute atomic E-state index is 5.44. The van der Waals surface area contributed by atoms with Gasteiger partial charge in [0.15, 0.2) is 0 Å². The summed E-state index contributed by atoms with van der Waals surface area (Å²) in [7, 11) is 0. The molecule has 11 rings (SSSR count). The topological polar surface area (TPSA) is 35.6 Å². The average molecular weight is 637 g/mol. The van der Waals surface area contributed by atoms with Gasteiger partial charge in [-0.15, -0.1) is 0 Å². The maximum atomic E-state index is 5.44. The predicted molar refractivity (Wildman–Crippen MR) is 209 cm³/mol. The highest BCUT2D eigenvalue weighted by Gasteiger charge is 2.20. The Balaban J connectivity index is 1.22. The number of nitrogens with zero attached hydrogens (tertiary/aromatic N) is 4. The van der Waals surface area contributed by atoms with Gasteiger partial charge in [-0.2, -0.15) is 0 Å². The molecular formula is C46H28N4. The van der Waals surface area contributed by atoms with Crippen molar-refractivity contribution in [3.8, 4) is 22.9 Å². The summed E-state index contributed by atoms with van der Waals surface area (Å²) in [5, 5.41) is 10.7. The van der Waals surface area contributed by atoms with E-state index in [4.69, 9.17) is 9.97 Å². The fourth-order valence-electron chi connectivity index (χ4n) is 7.96. The number of para-hydroxylation sites is 3. The van der Waals surface area contributed by atoms with E-state index in [9.17, 15) is 0 Å². The zero-order chi connectivity index (χ0) is 32.8.